The molecular weight excluding hydrogens is 210 g/mol. The second-order valence-corrected chi connectivity index (χ2v) is 4.77. The van der Waals surface area contributed by atoms with E-state index in [4.69, 9.17) is 0 Å². The minimum Gasteiger partial charge on any atom is -0.299 e. The van der Waals surface area contributed by atoms with Gasteiger partial charge in [-0.15, -0.1) is 0 Å². The summed E-state index contributed by atoms with van der Waals surface area (Å²) in [5, 5.41) is 1.13. The van der Waals surface area contributed by atoms with Gasteiger partial charge < -0.3 is 0 Å². The fraction of sp³-hybridized carbons (Fsp3) is 0.333. The van der Waals surface area contributed by atoms with Gasteiger partial charge >= 0.3 is 0 Å². The van der Waals surface area contributed by atoms with E-state index in [1.807, 2.05) is 36.4 Å². The van der Waals surface area contributed by atoms with Gasteiger partial charge in [0.15, 0.2) is 0 Å². The topological polar surface area (TPSA) is 30.0 Å². The molecule has 1 heterocycles. The van der Waals surface area contributed by atoms with Crippen LogP contribution in [0.2, 0.25) is 0 Å². The molecule has 17 heavy (non-hydrogen) atoms. The molecule has 0 bridgehead atoms. The maximum absolute atomic E-state index is 11.9. The third-order valence-electron chi connectivity index (χ3n) is 3.57. The number of para-hydroxylation sites is 1. The number of hydrogen-bond acceptors (Lipinski definition) is 2. The zero-order valence-electron chi connectivity index (χ0n) is 9.73. The van der Waals surface area contributed by atoms with Crippen LogP contribution in [0.1, 0.15) is 25.0 Å². The van der Waals surface area contributed by atoms with Crippen molar-refractivity contribution in [2.24, 2.45) is 5.92 Å². The molecule has 0 saturated heterocycles. The van der Waals surface area contributed by atoms with Crippen molar-refractivity contribution in [3.8, 4) is 0 Å². The van der Waals surface area contributed by atoms with Gasteiger partial charge in [-0.3, -0.25) is 9.78 Å². The largest absolute Gasteiger partial charge is 0.299 e. The molecule has 0 spiro atoms. The molecule has 1 aromatic heterocycles. The van der Waals surface area contributed by atoms with Gasteiger partial charge in [0.2, 0.25) is 0 Å². The fourth-order valence-corrected chi connectivity index (χ4v) is 2.26. The van der Waals surface area contributed by atoms with Gasteiger partial charge in [-0.05, 0) is 25.0 Å². The lowest BCUT2D eigenvalue weighted by Crippen LogP contribution is -2.23. The third-order valence-corrected chi connectivity index (χ3v) is 3.57. The Labute approximate surface area is 101 Å². The van der Waals surface area contributed by atoms with E-state index in [1.165, 1.54) is 6.42 Å². The molecule has 1 aliphatic rings. The van der Waals surface area contributed by atoms with Crippen LogP contribution in [0.5, 0.6) is 0 Å². The number of nitrogens with zero attached hydrogens (tertiary/aromatic N) is 1. The van der Waals surface area contributed by atoms with E-state index in [9.17, 15) is 4.79 Å². The Morgan fingerprint density at radius 3 is 2.76 bits per heavy atom. The summed E-state index contributed by atoms with van der Waals surface area (Å²) in [6, 6.07) is 12.0. The van der Waals surface area contributed by atoms with Crippen molar-refractivity contribution >= 4 is 16.7 Å². The summed E-state index contributed by atoms with van der Waals surface area (Å²) in [7, 11) is 0. The molecule has 0 N–H and O–H groups in total. The van der Waals surface area contributed by atoms with Gasteiger partial charge in [0.05, 0.1) is 5.52 Å². The number of benzene rings is 1. The highest BCUT2D eigenvalue weighted by molar-refractivity contribution is 5.85. The Morgan fingerprint density at radius 2 is 2.00 bits per heavy atom. The molecular formula is C15H15NO. The van der Waals surface area contributed by atoms with Crippen molar-refractivity contribution < 1.29 is 4.79 Å². The van der Waals surface area contributed by atoms with E-state index in [0.29, 0.717) is 18.1 Å². The van der Waals surface area contributed by atoms with Crippen LogP contribution in [0.4, 0.5) is 0 Å². The Balaban J connectivity index is 1.82. The van der Waals surface area contributed by atoms with Crippen molar-refractivity contribution in [3.05, 3.63) is 42.1 Å². The summed E-state index contributed by atoms with van der Waals surface area (Å²) < 4.78 is 0. The number of ketones is 1. The van der Waals surface area contributed by atoms with Crippen molar-refractivity contribution in [1.82, 2.24) is 4.98 Å². The third kappa shape index (κ3) is 2.07. The first-order valence-electron chi connectivity index (χ1n) is 6.20. The molecule has 0 atom stereocenters. The number of aromatic nitrogens is 1. The molecule has 2 nitrogen and oxygen atoms in total. The van der Waals surface area contributed by atoms with Gasteiger partial charge in [0, 0.05) is 23.4 Å². The summed E-state index contributed by atoms with van der Waals surface area (Å²) >= 11 is 0. The lowest BCUT2D eigenvalue weighted by molar-refractivity contribution is -0.124. The van der Waals surface area contributed by atoms with E-state index in [2.05, 4.69) is 4.98 Å². The van der Waals surface area contributed by atoms with Crippen LogP contribution < -0.4 is 0 Å². The summed E-state index contributed by atoms with van der Waals surface area (Å²) in [5.74, 6) is 0.669. The van der Waals surface area contributed by atoms with Crippen molar-refractivity contribution in [3.63, 3.8) is 0 Å². The summed E-state index contributed by atoms with van der Waals surface area (Å²) in [4.78, 5) is 16.4. The highest BCUT2D eigenvalue weighted by atomic mass is 16.1. The first-order chi connectivity index (χ1) is 8.33. The van der Waals surface area contributed by atoms with Crippen LogP contribution in [0.25, 0.3) is 10.9 Å². The number of rotatable bonds is 3. The van der Waals surface area contributed by atoms with Gasteiger partial charge in [-0.1, -0.05) is 30.7 Å². The maximum Gasteiger partial charge on any atom is 0.141 e. The van der Waals surface area contributed by atoms with Crippen LogP contribution >= 0.6 is 0 Å². The minimum absolute atomic E-state index is 0.309. The summed E-state index contributed by atoms with van der Waals surface area (Å²) in [6.07, 6.45) is 3.86. The molecule has 1 aliphatic carbocycles. The van der Waals surface area contributed by atoms with Gasteiger partial charge in [-0.25, -0.2) is 0 Å². The Morgan fingerprint density at radius 1 is 1.18 bits per heavy atom. The number of hydrogen-bond donors (Lipinski definition) is 0. The zero-order valence-corrected chi connectivity index (χ0v) is 9.73. The molecule has 1 aromatic carbocycles. The van der Waals surface area contributed by atoms with E-state index >= 15 is 0 Å². The van der Waals surface area contributed by atoms with E-state index in [1.54, 1.807) is 0 Å². The SMILES string of the molecule is O=C(Cc1ccc2ccccc2n1)C1CCC1. The highest BCUT2D eigenvalue weighted by Gasteiger charge is 2.25. The van der Waals surface area contributed by atoms with Crippen molar-refractivity contribution in [1.29, 1.82) is 0 Å². The van der Waals surface area contributed by atoms with Crippen molar-refractivity contribution in [2.45, 2.75) is 25.7 Å². The molecule has 0 radical (unpaired) electrons. The number of fused-ring (bicyclic) bond motifs is 1. The minimum atomic E-state index is 0.309. The standard InChI is InChI=1S/C15H15NO/c17-15(12-5-3-6-12)10-13-9-8-11-4-1-2-7-14(11)16-13/h1-2,4,7-9,12H,3,5-6,10H2. The fourth-order valence-electron chi connectivity index (χ4n) is 2.26. The van der Waals surface area contributed by atoms with Crippen LogP contribution in [0.15, 0.2) is 36.4 Å². The Hall–Kier alpha value is -1.70. The number of carbonyl (C=O) groups is 1. The number of Topliss-reactive ketones (excluding diaryl/α,β-unsaturated/α-hetero) is 1. The van der Waals surface area contributed by atoms with Gasteiger partial charge in [0.25, 0.3) is 0 Å². The average Bonchev–Trinajstić information content (AvgIpc) is 2.26. The second-order valence-electron chi connectivity index (χ2n) is 4.77. The predicted molar refractivity (Wildman–Crippen MR) is 67.8 cm³/mol. The molecule has 0 amide bonds. The van der Waals surface area contributed by atoms with Gasteiger partial charge in [-0.2, -0.15) is 0 Å². The smallest absolute Gasteiger partial charge is 0.141 e. The average molecular weight is 225 g/mol. The van der Waals surface area contributed by atoms with Crippen LogP contribution in [0.3, 0.4) is 0 Å². The molecule has 86 valence electrons. The summed E-state index contributed by atoms with van der Waals surface area (Å²) in [5.41, 5.74) is 1.88. The molecule has 0 aliphatic heterocycles. The van der Waals surface area contributed by atoms with E-state index < -0.39 is 0 Å². The first-order valence-corrected chi connectivity index (χ1v) is 6.20. The second kappa shape index (κ2) is 4.28. The Kier molecular flexibility index (Phi) is 2.63. The lowest BCUT2D eigenvalue weighted by Gasteiger charge is -2.23. The molecule has 0 unspecified atom stereocenters. The monoisotopic (exact) mass is 225 g/mol. The van der Waals surface area contributed by atoms with E-state index in [-0.39, 0.29) is 0 Å². The molecule has 2 aromatic rings. The molecule has 1 saturated carbocycles. The number of pyridine rings is 1. The van der Waals surface area contributed by atoms with Crippen LogP contribution in [0, 0.1) is 5.92 Å². The quantitative estimate of drug-likeness (QED) is 0.803. The normalized spacial score (nSPS) is 15.8. The zero-order chi connectivity index (χ0) is 11.7. The molecule has 1 fully saturated rings. The first kappa shape index (κ1) is 10.5. The van der Waals surface area contributed by atoms with Crippen LogP contribution in [-0.2, 0) is 11.2 Å². The Bertz CT molecular complexity index is 558. The molecule has 2 heteroatoms. The lowest BCUT2D eigenvalue weighted by atomic mass is 9.81. The maximum atomic E-state index is 11.9. The predicted octanol–water partition coefficient (Wildman–Crippen LogP) is 3.15. The molecule has 3 rings (SSSR count). The van der Waals surface area contributed by atoms with E-state index in [0.717, 1.165) is 29.4 Å². The van der Waals surface area contributed by atoms with Crippen LogP contribution in [-0.4, -0.2) is 10.8 Å². The highest BCUT2D eigenvalue weighted by Crippen LogP contribution is 2.28. The number of carbonyl (C=O) groups excluding carboxylic acids is 1. The summed E-state index contributed by atoms with van der Waals surface area (Å²) in [6.45, 7) is 0. The van der Waals surface area contributed by atoms with Crippen molar-refractivity contribution in [2.75, 3.05) is 0 Å². The van der Waals surface area contributed by atoms with Gasteiger partial charge in [0.1, 0.15) is 5.78 Å².